The first kappa shape index (κ1) is 43.4. The number of ether oxygens (including phenoxy) is 3. The molecule has 1 aromatic heterocycles. The summed E-state index contributed by atoms with van der Waals surface area (Å²) in [4.78, 5) is 88.8. The summed E-state index contributed by atoms with van der Waals surface area (Å²) in [6.07, 6.45) is 7.69. The summed E-state index contributed by atoms with van der Waals surface area (Å²) in [7, 11) is 1.53. The van der Waals surface area contributed by atoms with Crippen molar-refractivity contribution in [1.82, 2.24) is 30.5 Å². The lowest BCUT2D eigenvalue weighted by Gasteiger charge is -2.27. The summed E-state index contributed by atoms with van der Waals surface area (Å²) < 4.78 is 18.8. The van der Waals surface area contributed by atoms with Gasteiger partial charge < -0.3 is 24.8 Å². The number of aryl methyl sites for hydroxylation is 1. The zero-order valence-corrected chi connectivity index (χ0v) is 34.2. The number of carbonyl (C=O) groups is 7. The van der Waals surface area contributed by atoms with Crippen molar-refractivity contribution in [3.05, 3.63) is 100 Å². The summed E-state index contributed by atoms with van der Waals surface area (Å²) >= 11 is 0. The highest BCUT2D eigenvalue weighted by Crippen LogP contribution is 2.33. The van der Waals surface area contributed by atoms with E-state index in [-0.39, 0.29) is 60.3 Å². The average molecular weight is 834 g/mol. The number of nitrogens with zero attached hydrogens (tertiary/aromatic N) is 4. The Bertz CT molecular complexity index is 2350. The van der Waals surface area contributed by atoms with Crippen LogP contribution in [-0.4, -0.2) is 87.4 Å². The van der Waals surface area contributed by atoms with Crippen LogP contribution in [0.4, 0.5) is 5.69 Å². The van der Waals surface area contributed by atoms with Crippen LogP contribution in [0, 0.1) is 0 Å². The maximum atomic E-state index is 13.4. The molecule has 1 atom stereocenters. The quantitative estimate of drug-likeness (QED) is 0.0488. The molecule has 0 bridgehead atoms. The van der Waals surface area contributed by atoms with E-state index >= 15 is 0 Å². The number of methoxy groups -OCH3 is 1. The maximum Gasteiger partial charge on any atom is 0.264 e. The molecular weight excluding hydrogens is 787 g/mol. The molecule has 0 radical (unpaired) electrons. The Morgan fingerprint density at radius 1 is 0.967 bits per heavy atom. The first-order valence-electron chi connectivity index (χ1n) is 20.0. The number of carbonyl (C=O) groups excluding carboxylic acids is 7. The number of rotatable bonds is 20. The minimum absolute atomic E-state index is 0.0130. The molecule has 2 aliphatic rings. The fourth-order valence-electron chi connectivity index (χ4n) is 7.02. The van der Waals surface area contributed by atoms with E-state index in [1.54, 1.807) is 53.4 Å². The normalized spacial score (nSPS) is 14.8. The van der Waals surface area contributed by atoms with Crippen molar-refractivity contribution >= 4 is 53.0 Å². The molecule has 3 N–H and O–H groups in total. The number of anilines is 1. The number of allylic oxidation sites excluding steroid dienone is 1. The fourth-order valence-corrected chi connectivity index (χ4v) is 7.02. The largest absolute Gasteiger partial charge is 0.493 e. The van der Waals surface area contributed by atoms with Gasteiger partial charge in [0.2, 0.25) is 23.6 Å². The number of hydrogen-bond donors (Lipinski definition) is 3. The molecule has 318 valence electrons. The Balaban J connectivity index is 0.930. The number of aromatic nitrogens is 3. The van der Waals surface area contributed by atoms with Gasteiger partial charge in [0.15, 0.2) is 17.3 Å². The van der Waals surface area contributed by atoms with Crippen molar-refractivity contribution in [2.24, 2.45) is 0 Å². The SMILES string of the molecule is CCOc1cc(C(=O)/C=C/c2ccc(OCc3cn(CCCCCC(=O)Nc4cccc5c4C(=O)N(C4CCC(=O)NC4=O)C5=O)nn3)cc2)c(CCNC(C)=O)cc1OC. The van der Waals surface area contributed by atoms with E-state index in [9.17, 15) is 33.6 Å². The molecule has 0 spiro atoms. The maximum absolute atomic E-state index is 13.4. The van der Waals surface area contributed by atoms with E-state index in [4.69, 9.17) is 14.2 Å². The molecule has 17 heteroatoms. The van der Waals surface area contributed by atoms with Gasteiger partial charge in [-0.3, -0.25) is 48.5 Å². The molecule has 1 unspecified atom stereocenters. The lowest BCUT2D eigenvalue weighted by atomic mass is 9.99. The number of fused-ring (bicyclic) bond motifs is 1. The van der Waals surface area contributed by atoms with E-state index in [2.05, 4.69) is 26.3 Å². The monoisotopic (exact) mass is 833 g/mol. The Labute approximate surface area is 351 Å². The second-order valence-electron chi connectivity index (χ2n) is 14.4. The summed E-state index contributed by atoms with van der Waals surface area (Å²) in [5.74, 6) is -1.60. The van der Waals surface area contributed by atoms with Gasteiger partial charge in [0.25, 0.3) is 11.8 Å². The number of imide groups is 2. The Morgan fingerprint density at radius 3 is 2.51 bits per heavy atom. The minimum Gasteiger partial charge on any atom is -0.493 e. The smallest absolute Gasteiger partial charge is 0.264 e. The zero-order chi connectivity index (χ0) is 43.5. The molecule has 61 heavy (non-hydrogen) atoms. The number of nitrogens with one attached hydrogen (secondary N) is 3. The predicted octanol–water partition coefficient (Wildman–Crippen LogP) is 4.44. The molecule has 17 nitrogen and oxygen atoms in total. The Morgan fingerprint density at radius 2 is 1.77 bits per heavy atom. The van der Waals surface area contributed by atoms with Crippen LogP contribution in [0.1, 0.15) is 100 Å². The van der Waals surface area contributed by atoms with Crippen molar-refractivity contribution in [2.75, 3.05) is 25.6 Å². The molecule has 3 aromatic carbocycles. The Hall–Kier alpha value is -7.17. The van der Waals surface area contributed by atoms with E-state index in [0.29, 0.717) is 67.5 Å². The lowest BCUT2D eigenvalue weighted by Crippen LogP contribution is -2.54. The van der Waals surface area contributed by atoms with Gasteiger partial charge in [-0.1, -0.05) is 35.9 Å². The lowest BCUT2D eigenvalue weighted by molar-refractivity contribution is -0.136. The van der Waals surface area contributed by atoms with Crippen LogP contribution in [-0.2, 0) is 38.8 Å². The van der Waals surface area contributed by atoms with Crippen LogP contribution >= 0.6 is 0 Å². The number of piperidine rings is 1. The molecular formula is C44H47N7O10. The first-order valence-corrected chi connectivity index (χ1v) is 20.0. The minimum atomic E-state index is -1.09. The molecule has 0 aliphatic carbocycles. The summed E-state index contributed by atoms with van der Waals surface area (Å²) in [5, 5.41) is 16.0. The fraction of sp³-hybridized carbons (Fsp3) is 0.341. The van der Waals surface area contributed by atoms with E-state index in [1.165, 1.54) is 26.2 Å². The third-order valence-electron chi connectivity index (χ3n) is 10.0. The van der Waals surface area contributed by atoms with Crippen LogP contribution in [0.15, 0.2) is 66.9 Å². The molecule has 1 saturated heterocycles. The number of unbranched alkanes of at least 4 members (excludes halogenated alkanes) is 2. The standard InChI is InChI=1S/C44H47N7O10/c1-4-60-38-24-33(29(23-37(38)59-3)20-21-45-27(2)52)36(53)18-14-28-12-15-31(16-13-28)61-26-30-25-50(49-48-30)22-7-5-6-11-39(54)46-34-10-8-9-32-41(34)44(58)51(43(32)57)35-17-19-40(55)47-42(35)56/h8-10,12-16,18,23-25,35H,4-7,11,17,19-22,26H2,1-3H3,(H,45,52)(H,46,54)(H,47,55,56)/b18-14+. The third-order valence-corrected chi connectivity index (χ3v) is 10.0. The van der Waals surface area contributed by atoms with Crippen LogP contribution in [0.3, 0.4) is 0 Å². The molecule has 4 aromatic rings. The molecule has 1 fully saturated rings. The third kappa shape index (κ3) is 10.9. The van der Waals surface area contributed by atoms with E-state index in [0.717, 1.165) is 22.4 Å². The second-order valence-corrected chi connectivity index (χ2v) is 14.4. The van der Waals surface area contributed by atoms with Crippen molar-refractivity contribution in [3.63, 3.8) is 0 Å². The highest BCUT2D eigenvalue weighted by atomic mass is 16.5. The highest BCUT2D eigenvalue weighted by Gasteiger charge is 2.45. The van der Waals surface area contributed by atoms with E-state index < -0.39 is 29.7 Å². The summed E-state index contributed by atoms with van der Waals surface area (Å²) in [6.45, 7) is 4.83. The molecule has 2 aliphatic heterocycles. The predicted molar refractivity (Wildman–Crippen MR) is 221 cm³/mol. The number of benzene rings is 3. The van der Waals surface area contributed by atoms with Gasteiger partial charge in [0.1, 0.15) is 24.1 Å². The second kappa shape index (κ2) is 20.2. The topological polar surface area (TPSA) is 217 Å². The summed E-state index contributed by atoms with van der Waals surface area (Å²) in [5.41, 5.74) is 2.92. The van der Waals surface area contributed by atoms with Crippen molar-refractivity contribution in [2.45, 2.75) is 78.0 Å². The molecule has 0 saturated carbocycles. The van der Waals surface area contributed by atoms with Crippen molar-refractivity contribution in [1.29, 1.82) is 0 Å². The molecule has 3 heterocycles. The van der Waals surface area contributed by atoms with Gasteiger partial charge in [-0.2, -0.15) is 0 Å². The number of amides is 6. The zero-order valence-electron chi connectivity index (χ0n) is 34.2. The highest BCUT2D eigenvalue weighted by molar-refractivity contribution is 6.26. The van der Waals surface area contributed by atoms with Gasteiger partial charge in [0.05, 0.1) is 36.7 Å². The molecule has 6 rings (SSSR count). The van der Waals surface area contributed by atoms with Gasteiger partial charge in [-0.25, -0.2) is 0 Å². The van der Waals surface area contributed by atoms with Gasteiger partial charge >= 0.3 is 0 Å². The Kier molecular flexibility index (Phi) is 14.4. The van der Waals surface area contributed by atoms with E-state index in [1.807, 2.05) is 19.1 Å². The van der Waals surface area contributed by atoms with Crippen LogP contribution < -0.4 is 30.2 Å². The molecule has 6 amide bonds. The van der Waals surface area contributed by atoms with Gasteiger partial charge in [-0.15, -0.1) is 5.10 Å². The van der Waals surface area contributed by atoms with Gasteiger partial charge in [-0.05, 0) is 86.2 Å². The van der Waals surface area contributed by atoms with Crippen LogP contribution in [0.25, 0.3) is 6.08 Å². The van der Waals surface area contributed by atoms with Crippen LogP contribution in [0.2, 0.25) is 0 Å². The van der Waals surface area contributed by atoms with Crippen molar-refractivity contribution < 1.29 is 47.8 Å². The number of ketones is 1. The van der Waals surface area contributed by atoms with Crippen molar-refractivity contribution in [3.8, 4) is 17.2 Å². The first-order chi connectivity index (χ1) is 29.4. The number of hydrogen-bond acceptors (Lipinski definition) is 12. The summed E-state index contributed by atoms with van der Waals surface area (Å²) in [6, 6.07) is 14.2. The van der Waals surface area contributed by atoms with Gasteiger partial charge in [0, 0.05) is 38.4 Å². The van der Waals surface area contributed by atoms with Crippen LogP contribution in [0.5, 0.6) is 17.2 Å². The average Bonchev–Trinajstić information content (AvgIpc) is 3.80.